The van der Waals surface area contributed by atoms with Gasteiger partial charge in [0.05, 0.1) is 10.8 Å². The van der Waals surface area contributed by atoms with Crippen LogP contribution in [0.1, 0.15) is 65.2 Å². The van der Waals surface area contributed by atoms with Crippen LogP contribution in [0.4, 0.5) is 5.69 Å². The Morgan fingerprint density at radius 2 is 1.68 bits per heavy atom. The van der Waals surface area contributed by atoms with Gasteiger partial charge in [0.25, 0.3) is 0 Å². The highest BCUT2D eigenvalue weighted by atomic mass is 32.2. The first-order chi connectivity index (χ1) is 14.9. The van der Waals surface area contributed by atoms with Crippen molar-refractivity contribution in [1.82, 2.24) is 9.21 Å². The summed E-state index contributed by atoms with van der Waals surface area (Å²) >= 11 is 0. The number of amides is 2. The molecule has 1 atom stereocenters. The molecule has 1 aliphatic heterocycles. The predicted octanol–water partition coefficient (Wildman–Crippen LogP) is 3.62. The minimum atomic E-state index is -3.54. The van der Waals surface area contributed by atoms with E-state index in [0.717, 1.165) is 38.5 Å². The summed E-state index contributed by atoms with van der Waals surface area (Å²) in [6.07, 6.45) is 7.34. The van der Waals surface area contributed by atoms with Crippen LogP contribution in [0.25, 0.3) is 0 Å². The molecule has 2 aliphatic rings. The largest absolute Gasteiger partial charge is 0.339 e. The van der Waals surface area contributed by atoms with Crippen LogP contribution in [0.3, 0.4) is 0 Å². The van der Waals surface area contributed by atoms with Gasteiger partial charge in [-0.15, -0.1) is 0 Å². The first-order valence-electron chi connectivity index (χ1n) is 11.6. The maximum absolute atomic E-state index is 12.9. The Labute approximate surface area is 186 Å². The van der Waals surface area contributed by atoms with Crippen LogP contribution < -0.4 is 5.32 Å². The molecule has 0 radical (unpaired) electrons. The van der Waals surface area contributed by atoms with Crippen molar-refractivity contribution in [3.63, 3.8) is 0 Å². The second-order valence-corrected chi connectivity index (χ2v) is 10.6. The molecular weight excluding hydrogens is 414 g/mol. The summed E-state index contributed by atoms with van der Waals surface area (Å²) in [6.45, 7) is 5.37. The van der Waals surface area contributed by atoms with Gasteiger partial charge in [-0.2, -0.15) is 4.31 Å². The molecule has 0 unspecified atom stereocenters. The van der Waals surface area contributed by atoms with E-state index in [9.17, 15) is 18.0 Å². The van der Waals surface area contributed by atoms with E-state index in [1.54, 1.807) is 12.1 Å². The predicted molar refractivity (Wildman–Crippen MR) is 121 cm³/mol. The lowest BCUT2D eigenvalue weighted by Gasteiger charge is -2.31. The maximum Gasteiger partial charge on any atom is 0.243 e. The normalized spacial score (nSPS) is 20.4. The lowest BCUT2D eigenvalue weighted by atomic mass is 9.94. The molecule has 2 amide bonds. The van der Waals surface area contributed by atoms with E-state index in [1.807, 2.05) is 18.7 Å². The summed E-state index contributed by atoms with van der Waals surface area (Å²) in [4.78, 5) is 27.3. The summed E-state index contributed by atoms with van der Waals surface area (Å²) in [5.74, 6) is -0.469. The first kappa shape index (κ1) is 23.7. The fourth-order valence-corrected chi connectivity index (χ4v) is 6.23. The van der Waals surface area contributed by atoms with Gasteiger partial charge in [-0.05, 0) is 49.9 Å². The van der Waals surface area contributed by atoms with Crippen LogP contribution in [0.2, 0.25) is 0 Å². The third kappa shape index (κ3) is 5.66. The summed E-state index contributed by atoms with van der Waals surface area (Å²) in [6, 6.07) is 6.60. The monoisotopic (exact) mass is 449 g/mol. The van der Waals surface area contributed by atoms with Gasteiger partial charge in [0, 0.05) is 37.8 Å². The minimum Gasteiger partial charge on any atom is -0.339 e. The zero-order valence-electron chi connectivity index (χ0n) is 18.7. The highest BCUT2D eigenvalue weighted by Gasteiger charge is 2.38. The molecule has 1 aliphatic carbocycles. The van der Waals surface area contributed by atoms with Crippen LogP contribution in [0.5, 0.6) is 0 Å². The molecule has 172 valence electrons. The van der Waals surface area contributed by atoms with Crippen LogP contribution in [-0.2, 0) is 19.6 Å². The molecule has 0 spiro atoms. The average Bonchev–Trinajstić information content (AvgIpc) is 3.16. The number of carbonyl (C=O) groups excluding carboxylic acids is 2. The minimum absolute atomic E-state index is 0.0698. The maximum atomic E-state index is 12.9. The number of carbonyl (C=O) groups is 2. The van der Waals surface area contributed by atoms with E-state index in [-0.39, 0.29) is 35.1 Å². The molecule has 1 saturated carbocycles. The Kier molecular flexibility index (Phi) is 8.11. The lowest BCUT2D eigenvalue weighted by molar-refractivity contribution is -0.130. The standard InChI is InChI=1S/C23H35N3O4S/c1-3-14-25(15-4-2)31(29,30)21-12-10-19(11-13-21)24-23(28)18-16-22(27)26(17-18)20-8-6-5-7-9-20/h10-13,18,20H,3-9,14-17H2,1-2H3,(H,24,28)/t18-/m1/s1. The summed E-state index contributed by atoms with van der Waals surface area (Å²) in [5.41, 5.74) is 0.546. The Balaban J connectivity index is 1.62. The van der Waals surface area contributed by atoms with Crippen LogP contribution in [0.15, 0.2) is 29.2 Å². The second kappa shape index (κ2) is 10.6. The van der Waals surface area contributed by atoms with Crippen molar-refractivity contribution in [2.24, 2.45) is 5.92 Å². The van der Waals surface area contributed by atoms with Gasteiger partial charge in [-0.25, -0.2) is 8.42 Å². The number of anilines is 1. The van der Waals surface area contributed by atoms with Crippen molar-refractivity contribution >= 4 is 27.5 Å². The quantitative estimate of drug-likeness (QED) is 0.624. The topological polar surface area (TPSA) is 86.8 Å². The SMILES string of the molecule is CCCN(CCC)S(=O)(=O)c1ccc(NC(=O)[C@@H]2CC(=O)N(C3CCCCC3)C2)cc1. The molecular formula is C23H35N3O4S. The number of hydrogen-bond acceptors (Lipinski definition) is 4. The number of hydrogen-bond donors (Lipinski definition) is 1. The molecule has 1 aromatic carbocycles. The first-order valence-corrected chi connectivity index (χ1v) is 13.0. The summed E-state index contributed by atoms with van der Waals surface area (Å²) < 4.78 is 27.3. The lowest BCUT2D eigenvalue weighted by Crippen LogP contribution is -2.38. The van der Waals surface area contributed by atoms with Gasteiger partial charge < -0.3 is 10.2 Å². The van der Waals surface area contributed by atoms with Crippen molar-refractivity contribution in [2.45, 2.75) is 76.2 Å². The summed E-state index contributed by atoms with van der Waals surface area (Å²) in [5, 5.41) is 2.86. The van der Waals surface area contributed by atoms with Crippen LogP contribution in [-0.4, -0.2) is 55.1 Å². The van der Waals surface area contributed by atoms with Crippen molar-refractivity contribution in [3.05, 3.63) is 24.3 Å². The fourth-order valence-electron chi connectivity index (χ4n) is 4.61. The molecule has 8 heteroatoms. The molecule has 1 heterocycles. The highest BCUT2D eigenvalue weighted by Crippen LogP contribution is 2.29. The molecule has 0 bridgehead atoms. The van der Waals surface area contributed by atoms with Crippen molar-refractivity contribution in [3.8, 4) is 0 Å². The third-order valence-corrected chi connectivity index (χ3v) is 8.16. The smallest absolute Gasteiger partial charge is 0.243 e. The Bertz CT molecular complexity index is 857. The highest BCUT2D eigenvalue weighted by molar-refractivity contribution is 7.89. The average molecular weight is 450 g/mol. The van der Waals surface area contributed by atoms with Crippen molar-refractivity contribution in [1.29, 1.82) is 0 Å². The zero-order chi connectivity index (χ0) is 22.4. The Morgan fingerprint density at radius 1 is 1.06 bits per heavy atom. The molecule has 3 rings (SSSR count). The van der Waals surface area contributed by atoms with E-state index in [0.29, 0.717) is 25.3 Å². The molecule has 31 heavy (non-hydrogen) atoms. The number of likely N-dealkylation sites (tertiary alicyclic amines) is 1. The van der Waals surface area contributed by atoms with Gasteiger partial charge in [-0.1, -0.05) is 33.1 Å². The fraction of sp³-hybridized carbons (Fsp3) is 0.652. The van der Waals surface area contributed by atoms with E-state index < -0.39 is 10.0 Å². The Hall–Kier alpha value is -1.93. The van der Waals surface area contributed by atoms with Gasteiger partial charge in [0.15, 0.2) is 0 Å². The number of benzene rings is 1. The third-order valence-electron chi connectivity index (χ3n) is 6.25. The van der Waals surface area contributed by atoms with Gasteiger partial charge >= 0.3 is 0 Å². The number of sulfonamides is 1. The second-order valence-electron chi connectivity index (χ2n) is 8.66. The number of nitrogens with one attached hydrogen (secondary N) is 1. The van der Waals surface area contributed by atoms with E-state index in [1.165, 1.54) is 22.9 Å². The van der Waals surface area contributed by atoms with Crippen LogP contribution >= 0.6 is 0 Å². The van der Waals surface area contributed by atoms with Gasteiger partial charge in [0.2, 0.25) is 21.8 Å². The van der Waals surface area contributed by atoms with E-state index in [4.69, 9.17) is 0 Å². The molecule has 1 N–H and O–H groups in total. The Morgan fingerprint density at radius 3 is 2.26 bits per heavy atom. The molecule has 0 aromatic heterocycles. The molecule has 7 nitrogen and oxygen atoms in total. The van der Waals surface area contributed by atoms with Crippen molar-refractivity contribution < 1.29 is 18.0 Å². The van der Waals surface area contributed by atoms with Crippen molar-refractivity contribution in [2.75, 3.05) is 25.0 Å². The molecule has 1 aromatic rings. The summed E-state index contributed by atoms with van der Waals surface area (Å²) in [7, 11) is -3.54. The zero-order valence-corrected chi connectivity index (χ0v) is 19.5. The number of rotatable bonds is 9. The molecule has 2 fully saturated rings. The van der Waals surface area contributed by atoms with Gasteiger partial charge in [-0.3, -0.25) is 9.59 Å². The van der Waals surface area contributed by atoms with Gasteiger partial charge in [0.1, 0.15) is 0 Å². The number of nitrogens with zero attached hydrogens (tertiary/aromatic N) is 2. The van der Waals surface area contributed by atoms with Crippen LogP contribution in [0, 0.1) is 5.92 Å². The molecule has 1 saturated heterocycles. The van der Waals surface area contributed by atoms with E-state index >= 15 is 0 Å². The van der Waals surface area contributed by atoms with E-state index in [2.05, 4.69) is 5.32 Å².